The van der Waals surface area contributed by atoms with Gasteiger partial charge in [0.15, 0.2) is 24.7 Å². The van der Waals surface area contributed by atoms with E-state index in [1.54, 1.807) is 42.5 Å². The van der Waals surface area contributed by atoms with Crippen LogP contribution < -0.4 is 25.0 Å². The van der Waals surface area contributed by atoms with Gasteiger partial charge in [-0.1, -0.05) is 42.5 Å². The number of hydrogen-bond acceptors (Lipinski definition) is 6. The molecule has 0 saturated heterocycles. The standard InChI is InChI=1S/C26H27N3O5/c1-19(21-8-4-3-5-9-21)28-25(30)17-33-22-14-12-20(13-15-22)16-27-29-26(31)18-34-24-11-7-6-10-23(24)32-2/h3-16,19H,17-18H2,1-2H3,(H,28,30)(H,29,31)/b27-16-/t19-/m0/s1. The van der Waals surface area contributed by atoms with Crippen LogP contribution in [-0.4, -0.2) is 38.4 Å². The molecule has 0 spiro atoms. The van der Waals surface area contributed by atoms with Crippen LogP contribution in [0.4, 0.5) is 0 Å². The number of amides is 2. The fourth-order valence-electron chi connectivity index (χ4n) is 3.00. The molecule has 0 aliphatic heterocycles. The number of hydrazone groups is 1. The Labute approximate surface area is 198 Å². The number of nitrogens with one attached hydrogen (secondary N) is 2. The van der Waals surface area contributed by atoms with Crippen LogP contribution in [-0.2, 0) is 9.59 Å². The van der Waals surface area contributed by atoms with E-state index in [1.807, 2.05) is 43.3 Å². The molecule has 1 atom stereocenters. The van der Waals surface area contributed by atoms with Gasteiger partial charge >= 0.3 is 0 Å². The third kappa shape index (κ3) is 7.67. The van der Waals surface area contributed by atoms with Crippen molar-refractivity contribution >= 4 is 18.0 Å². The van der Waals surface area contributed by atoms with Crippen LogP contribution in [0.1, 0.15) is 24.1 Å². The van der Waals surface area contributed by atoms with Gasteiger partial charge in [-0.3, -0.25) is 9.59 Å². The normalized spacial score (nSPS) is 11.5. The maximum absolute atomic E-state index is 12.1. The summed E-state index contributed by atoms with van der Waals surface area (Å²) < 4.78 is 16.2. The Morgan fingerprint density at radius 2 is 1.50 bits per heavy atom. The maximum Gasteiger partial charge on any atom is 0.277 e. The first-order chi connectivity index (χ1) is 16.5. The molecule has 0 unspecified atom stereocenters. The molecule has 8 nitrogen and oxygen atoms in total. The molecule has 2 N–H and O–H groups in total. The van der Waals surface area contributed by atoms with Crippen LogP contribution in [0, 0.1) is 0 Å². The first-order valence-electron chi connectivity index (χ1n) is 10.7. The number of benzene rings is 3. The lowest BCUT2D eigenvalue weighted by Gasteiger charge is -2.14. The number of rotatable bonds is 11. The second-order valence-corrected chi connectivity index (χ2v) is 7.29. The van der Waals surface area contributed by atoms with Crippen molar-refractivity contribution in [2.45, 2.75) is 13.0 Å². The molecule has 34 heavy (non-hydrogen) atoms. The van der Waals surface area contributed by atoms with Crippen molar-refractivity contribution in [1.82, 2.24) is 10.7 Å². The monoisotopic (exact) mass is 461 g/mol. The molecule has 0 aliphatic carbocycles. The molecule has 3 aromatic carbocycles. The fraction of sp³-hybridized carbons (Fsp3) is 0.192. The summed E-state index contributed by atoms with van der Waals surface area (Å²) in [6.07, 6.45) is 1.50. The van der Waals surface area contributed by atoms with Crippen molar-refractivity contribution in [3.05, 3.63) is 90.0 Å². The van der Waals surface area contributed by atoms with Gasteiger partial charge in [0.1, 0.15) is 5.75 Å². The highest BCUT2D eigenvalue weighted by molar-refractivity contribution is 5.83. The van der Waals surface area contributed by atoms with E-state index in [9.17, 15) is 9.59 Å². The minimum absolute atomic E-state index is 0.0904. The third-order valence-corrected chi connectivity index (χ3v) is 4.76. The third-order valence-electron chi connectivity index (χ3n) is 4.76. The molecule has 0 radical (unpaired) electrons. The second kappa shape index (κ2) is 12.6. The van der Waals surface area contributed by atoms with Gasteiger partial charge in [0.05, 0.1) is 19.4 Å². The number of ether oxygens (including phenoxy) is 3. The number of carbonyl (C=O) groups excluding carboxylic acids is 2. The molecule has 176 valence electrons. The van der Waals surface area contributed by atoms with Gasteiger partial charge in [-0.15, -0.1) is 0 Å². The van der Waals surface area contributed by atoms with Crippen molar-refractivity contribution in [3.8, 4) is 17.2 Å². The SMILES string of the molecule is COc1ccccc1OCC(=O)N/N=C\c1ccc(OCC(=O)N[C@@H](C)c2ccccc2)cc1. The van der Waals surface area contributed by atoms with Crippen molar-refractivity contribution in [2.75, 3.05) is 20.3 Å². The summed E-state index contributed by atoms with van der Waals surface area (Å²) >= 11 is 0. The molecule has 0 fully saturated rings. The summed E-state index contributed by atoms with van der Waals surface area (Å²) in [5, 5.41) is 6.82. The topological polar surface area (TPSA) is 98.2 Å². The molecule has 8 heteroatoms. The largest absolute Gasteiger partial charge is 0.493 e. The smallest absolute Gasteiger partial charge is 0.277 e. The van der Waals surface area contributed by atoms with Crippen LogP contribution in [0.15, 0.2) is 84.0 Å². The van der Waals surface area contributed by atoms with Crippen molar-refractivity contribution in [1.29, 1.82) is 0 Å². The summed E-state index contributed by atoms with van der Waals surface area (Å²) in [5.41, 5.74) is 4.18. The quantitative estimate of drug-likeness (QED) is 0.337. The Kier molecular flexibility index (Phi) is 9.04. The molecule has 0 saturated carbocycles. The molecular weight excluding hydrogens is 434 g/mol. The predicted octanol–water partition coefficient (Wildman–Crippen LogP) is 3.48. The summed E-state index contributed by atoms with van der Waals surface area (Å²) in [6.45, 7) is 1.63. The average molecular weight is 462 g/mol. The van der Waals surface area contributed by atoms with Gasteiger partial charge in [0, 0.05) is 0 Å². The Morgan fingerprint density at radius 1 is 0.853 bits per heavy atom. The maximum atomic E-state index is 12.1. The molecular formula is C26H27N3O5. The summed E-state index contributed by atoms with van der Waals surface area (Å²) in [4.78, 5) is 24.1. The molecule has 3 rings (SSSR count). The zero-order chi connectivity index (χ0) is 24.2. The van der Waals surface area contributed by atoms with E-state index >= 15 is 0 Å². The zero-order valence-electron chi connectivity index (χ0n) is 19.1. The summed E-state index contributed by atoms with van der Waals surface area (Å²) in [6, 6.07) is 23.7. The first-order valence-corrected chi connectivity index (χ1v) is 10.7. The highest BCUT2D eigenvalue weighted by Crippen LogP contribution is 2.25. The lowest BCUT2D eigenvalue weighted by molar-refractivity contribution is -0.124. The highest BCUT2D eigenvalue weighted by atomic mass is 16.5. The Balaban J connectivity index is 1.39. The van der Waals surface area contributed by atoms with Crippen LogP contribution in [0.5, 0.6) is 17.2 Å². The van der Waals surface area contributed by atoms with Gasteiger partial charge < -0.3 is 19.5 Å². The number of methoxy groups -OCH3 is 1. The van der Waals surface area contributed by atoms with Crippen LogP contribution >= 0.6 is 0 Å². The van der Waals surface area contributed by atoms with Gasteiger partial charge in [0.25, 0.3) is 11.8 Å². The number of nitrogens with zero attached hydrogens (tertiary/aromatic N) is 1. The summed E-state index contributed by atoms with van der Waals surface area (Å²) in [5.74, 6) is 0.957. The number of carbonyl (C=O) groups is 2. The van der Waals surface area contributed by atoms with E-state index in [0.29, 0.717) is 17.2 Å². The highest BCUT2D eigenvalue weighted by Gasteiger charge is 2.10. The van der Waals surface area contributed by atoms with Crippen LogP contribution in [0.25, 0.3) is 0 Å². The van der Waals surface area contributed by atoms with Crippen LogP contribution in [0.2, 0.25) is 0 Å². The molecule has 3 aromatic rings. The van der Waals surface area contributed by atoms with Crippen molar-refractivity contribution in [2.24, 2.45) is 5.10 Å². The van der Waals surface area contributed by atoms with Gasteiger partial charge in [-0.25, -0.2) is 5.43 Å². The average Bonchev–Trinajstić information content (AvgIpc) is 2.87. The van der Waals surface area contributed by atoms with Crippen molar-refractivity contribution in [3.63, 3.8) is 0 Å². The number of para-hydroxylation sites is 2. The second-order valence-electron chi connectivity index (χ2n) is 7.29. The van der Waals surface area contributed by atoms with E-state index in [2.05, 4.69) is 15.8 Å². The fourth-order valence-corrected chi connectivity index (χ4v) is 3.00. The van der Waals surface area contributed by atoms with E-state index < -0.39 is 5.91 Å². The van der Waals surface area contributed by atoms with Gasteiger partial charge in [0.2, 0.25) is 0 Å². The number of hydrogen-bond donors (Lipinski definition) is 2. The molecule has 0 heterocycles. The van der Waals surface area contributed by atoms with Crippen molar-refractivity contribution < 1.29 is 23.8 Å². The molecule has 0 aromatic heterocycles. The molecule has 2 amide bonds. The first kappa shape index (κ1) is 24.3. The zero-order valence-corrected chi connectivity index (χ0v) is 19.1. The van der Waals surface area contributed by atoms with E-state index in [1.165, 1.54) is 13.3 Å². The molecule has 0 aliphatic rings. The Morgan fingerprint density at radius 3 is 2.21 bits per heavy atom. The minimum Gasteiger partial charge on any atom is -0.493 e. The predicted molar refractivity (Wildman–Crippen MR) is 129 cm³/mol. The minimum atomic E-state index is -0.405. The van der Waals surface area contributed by atoms with Crippen LogP contribution in [0.3, 0.4) is 0 Å². The molecule has 0 bridgehead atoms. The van der Waals surface area contributed by atoms with Gasteiger partial charge in [-0.2, -0.15) is 5.10 Å². The lowest BCUT2D eigenvalue weighted by Crippen LogP contribution is -2.31. The Hall–Kier alpha value is -4.33. The van der Waals surface area contributed by atoms with E-state index in [0.717, 1.165) is 11.1 Å². The van der Waals surface area contributed by atoms with E-state index in [-0.39, 0.29) is 25.2 Å². The summed E-state index contributed by atoms with van der Waals surface area (Å²) in [7, 11) is 1.53. The van der Waals surface area contributed by atoms with Gasteiger partial charge in [-0.05, 0) is 54.4 Å². The van der Waals surface area contributed by atoms with E-state index in [4.69, 9.17) is 14.2 Å². The lowest BCUT2D eigenvalue weighted by atomic mass is 10.1. The Bertz CT molecular complexity index is 1100.